The largest absolute Gasteiger partial charge is 0.493 e. The maximum Gasteiger partial charge on any atom is 0.271 e. The number of carbonyl (C=O) groups excluding carboxylic acids is 3. The fourth-order valence-electron chi connectivity index (χ4n) is 4.70. The second-order valence-corrected chi connectivity index (χ2v) is 7.89. The fourth-order valence-corrected chi connectivity index (χ4v) is 4.70. The topological polar surface area (TPSA) is 97.4 Å². The predicted molar refractivity (Wildman–Crippen MR) is 122 cm³/mol. The third-order valence-corrected chi connectivity index (χ3v) is 6.11. The van der Waals surface area contributed by atoms with Gasteiger partial charge in [-0.2, -0.15) is 0 Å². The molecule has 174 valence electrons. The Morgan fingerprint density at radius 2 is 1.73 bits per heavy atom. The molecule has 0 unspecified atom stereocenters. The van der Waals surface area contributed by atoms with E-state index in [1.165, 1.54) is 31.1 Å². The first-order chi connectivity index (χ1) is 15.9. The molecule has 1 atom stereocenters. The molecule has 2 aliphatic rings. The van der Waals surface area contributed by atoms with E-state index in [4.69, 9.17) is 14.2 Å². The third-order valence-electron chi connectivity index (χ3n) is 6.11. The summed E-state index contributed by atoms with van der Waals surface area (Å²) in [6.07, 6.45) is 0.988. The van der Waals surface area contributed by atoms with Gasteiger partial charge in [0.15, 0.2) is 11.5 Å². The Labute approximate surface area is 192 Å². The van der Waals surface area contributed by atoms with Crippen molar-refractivity contribution in [2.75, 3.05) is 38.1 Å². The van der Waals surface area contributed by atoms with Gasteiger partial charge < -0.3 is 24.4 Å². The number of hydrogen-bond donors (Lipinski definition) is 1. The smallest absolute Gasteiger partial charge is 0.271 e. The number of carbonyl (C=O) groups is 3. The minimum absolute atomic E-state index is 0.157. The molecular formula is C24H27N3O6. The SMILES string of the molecule is CCCN1C(=O)c2ccccc2N2C(=O)CC[C@]12C(=O)Nc1cc(OC)c(OC)c(OC)c1. The summed E-state index contributed by atoms with van der Waals surface area (Å²) in [6, 6.07) is 10.1. The second kappa shape index (κ2) is 8.65. The van der Waals surface area contributed by atoms with Crippen LogP contribution in [0.1, 0.15) is 36.5 Å². The van der Waals surface area contributed by atoms with Crippen LogP contribution in [0.2, 0.25) is 0 Å². The Balaban J connectivity index is 1.81. The summed E-state index contributed by atoms with van der Waals surface area (Å²) in [5.74, 6) is 0.204. The van der Waals surface area contributed by atoms with Crippen LogP contribution in [0.4, 0.5) is 11.4 Å². The molecule has 2 aromatic rings. The summed E-state index contributed by atoms with van der Waals surface area (Å²) in [6.45, 7) is 2.26. The molecule has 2 heterocycles. The maximum atomic E-state index is 13.9. The number of rotatable bonds is 7. The maximum absolute atomic E-state index is 13.9. The van der Waals surface area contributed by atoms with E-state index in [1.54, 1.807) is 36.4 Å². The van der Waals surface area contributed by atoms with Crippen LogP contribution < -0.4 is 24.4 Å². The average molecular weight is 453 g/mol. The van der Waals surface area contributed by atoms with Gasteiger partial charge in [0.2, 0.25) is 17.3 Å². The number of para-hydroxylation sites is 1. The van der Waals surface area contributed by atoms with Gasteiger partial charge in [-0.25, -0.2) is 0 Å². The minimum Gasteiger partial charge on any atom is -0.493 e. The molecule has 0 aromatic heterocycles. The summed E-state index contributed by atoms with van der Waals surface area (Å²) in [5, 5.41) is 2.89. The Morgan fingerprint density at radius 1 is 1.06 bits per heavy atom. The van der Waals surface area contributed by atoms with E-state index >= 15 is 0 Å². The Kier molecular flexibility index (Phi) is 5.88. The predicted octanol–water partition coefficient (Wildman–Crippen LogP) is 3.04. The van der Waals surface area contributed by atoms with Crippen LogP contribution in [0.15, 0.2) is 36.4 Å². The highest BCUT2D eigenvalue weighted by molar-refractivity contribution is 6.18. The van der Waals surface area contributed by atoms with Crippen molar-refractivity contribution >= 4 is 29.1 Å². The van der Waals surface area contributed by atoms with E-state index in [0.717, 1.165) is 0 Å². The first kappa shape index (κ1) is 22.4. The van der Waals surface area contributed by atoms with Crippen LogP contribution in [0.3, 0.4) is 0 Å². The number of nitrogens with one attached hydrogen (secondary N) is 1. The number of methoxy groups -OCH3 is 3. The number of benzene rings is 2. The molecular weight excluding hydrogens is 426 g/mol. The van der Waals surface area contributed by atoms with Gasteiger partial charge >= 0.3 is 0 Å². The molecule has 2 aromatic carbocycles. The molecule has 2 aliphatic heterocycles. The number of hydrogen-bond acceptors (Lipinski definition) is 6. The number of fused-ring (bicyclic) bond motifs is 3. The van der Waals surface area contributed by atoms with Crippen molar-refractivity contribution in [2.24, 2.45) is 0 Å². The molecule has 0 bridgehead atoms. The summed E-state index contributed by atoms with van der Waals surface area (Å²) in [5.41, 5.74) is -0.195. The quantitative estimate of drug-likeness (QED) is 0.692. The standard InChI is InChI=1S/C24H27N3O6/c1-5-12-26-22(29)16-8-6-7-9-17(16)27-20(28)10-11-24(26,27)23(30)25-15-13-18(31-2)21(33-4)19(14-15)32-3/h6-9,13-14H,5,10-12H2,1-4H3,(H,25,30)/t24-/m0/s1. The minimum atomic E-state index is -1.46. The molecule has 4 rings (SSSR count). The van der Waals surface area contributed by atoms with Gasteiger partial charge in [0.25, 0.3) is 11.8 Å². The lowest BCUT2D eigenvalue weighted by Gasteiger charge is -2.49. The van der Waals surface area contributed by atoms with Gasteiger partial charge in [0.05, 0.1) is 32.6 Å². The summed E-state index contributed by atoms with van der Waals surface area (Å²) < 4.78 is 16.1. The zero-order valence-electron chi connectivity index (χ0n) is 19.1. The van der Waals surface area contributed by atoms with Gasteiger partial charge in [-0.15, -0.1) is 0 Å². The third kappa shape index (κ3) is 3.35. The van der Waals surface area contributed by atoms with Gasteiger partial charge in [-0.1, -0.05) is 19.1 Å². The van der Waals surface area contributed by atoms with Crippen LogP contribution in [0.25, 0.3) is 0 Å². The first-order valence-electron chi connectivity index (χ1n) is 10.8. The molecule has 3 amide bonds. The molecule has 9 heteroatoms. The fraction of sp³-hybridized carbons (Fsp3) is 0.375. The van der Waals surface area contributed by atoms with Crippen LogP contribution in [-0.2, 0) is 9.59 Å². The van der Waals surface area contributed by atoms with E-state index in [2.05, 4.69) is 5.32 Å². The lowest BCUT2D eigenvalue weighted by Crippen LogP contribution is -2.69. The van der Waals surface area contributed by atoms with Gasteiger partial charge in [-0.3, -0.25) is 19.3 Å². The molecule has 0 saturated carbocycles. The lowest BCUT2D eigenvalue weighted by molar-refractivity contribution is -0.128. The van der Waals surface area contributed by atoms with Crippen molar-refractivity contribution in [3.63, 3.8) is 0 Å². The van der Waals surface area contributed by atoms with Crippen LogP contribution in [0, 0.1) is 0 Å². The van der Waals surface area contributed by atoms with E-state index in [1.807, 2.05) is 6.92 Å². The van der Waals surface area contributed by atoms with Crippen molar-refractivity contribution in [1.29, 1.82) is 0 Å². The zero-order chi connectivity index (χ0) is 23.8. The Morgan fingerprint density at radius 3 is 2.33 bits per heavy atom. The molecule has 1 N–H and O–H groups in total. The lowest BCUT2D eigenvalue weighted by atomic mass is 9.95. The molecule has 1 saturated heterocycles. The second-order valence-electron chi connectivity index (χ2n) is 7.89. The molecule has 0 spiro atoms. The van der Waals surface area contributed by atoms with E-state index in [9.17, 15) is 14.4 Å². The highest BCUT2D eigenvalue weighted by Crippen LogP contribution is 2.46. The van der Waals surface area contributed by atoms with Crippen molar-refractivity contribution in [3.8, 4) is 17.2 Å². The number of nitrogens with zero attached hydrogens (tertiary/aromatic N) is 2. The van der Waals surface area contributed by atoms with Crippen molar-refractivity contribution < 1.29 is 28.6 Å². The molecule has 33 heavy (non-hydrogen) atoms. The van der Waals surface area contributed by atoms with Crippen LogP contribution in [-0.4, -0.2) is 56.2 Å². The van der Waals surface area contributed by atoms with Gasteiger partial charge in [0, 0.05) is 37.2 Å². The molecule has 9 nitrogen and oxygen atoms in total. The van der Waals surface area contributed by atoms with E-state index < -0.39 is 11.6 Å². The number of ether oxygens (including phenoxy) is 3. The van der Waals surface area contributed by atoms with Crippen molar-refractivity contribution in [1.82, 2.24) is 4.90 Å². The summed E-state index contributed by atoms with van der Waals surface area (Å²) in [7, 11) is 4.46. The number of anilines is 2. The molecule has 1 fully saturated rings. The monoisotopic (exact) mass is 453 g/mol. The molecule has 0 radical (unpaired) electrons. The van der Waals surface area contributed by atoms with E-state index in [0.29, 0.717) is 47.2 Å². The highest BCUT2D eigenvalue weighted by atomic mass is 16.5. The Hall–Kier alpha value is -3.75. The van der Waals surface area contributed by atoms with Gasteiger partial charge in [-0.05, 0) is 18.6 Å². The van der Waals surface area contributed by atoms with Gasteiger partial charge in [0.1, 0.15) is 0 Å². The highest BCUT2D eigenvalue weighted by Gasteiger charge is 2.60. The normalized spacial score (nSPS) is 19.2. The molecule has 0 aliphatic carbocycles. The van der Waals surface area contributed by atoms with Crippen molar-refractivity contribution in [2.45, 2.75) is 31.8 Å². The van der Waals surface area contributed by atoms with E-state index in [-0.39, 0.29) is 24.7 Å². The summed E-state index contributed by atoms with van der Waals surface area (Å²) in [4.78, 5) is 43.4. The van der Waals surface area contributed by atoms with Crippen LogP contribution in [0.5, 0.6) is 17.2 Å². The summed E-state index contributed by atoms with van der Waals surface area (Å²) >= 11 is 0. The van der Waals surface area contributed by atoms with Crippen molar-refractivity contribution in [3.05, 3.63) is 42.0 Å². The number of amides is 3. The Bertz CT molecular complexity index is 1090. The zero-order valence-corrected chi connectivity index (χ0v) is 19.1. The first-order valence-corrected chi connectivity index (χ1v) is 10.8. The van der Waals surface area contributed by atoms with Crippen LogP contribution >= 0.6 is 0 Å². The average Bonchev–Trinajstić information content (AvgIpc) is 3.19.